The van der Waals surface area contributed by atoms with Gasteiger partial charge in [-0.3, -0.25) is 9.59 Å². The molecule has 0 radical (unpaired) electrons. The molecular formula is C25H22FN3O6. The molecule has 0 fully saturated rings. The van der Waals surface area contributed by atoms with Crippen molar-refractivity contribution in [1.29, 1.82) is 0 Å². The second-order valence-corrected chi connectivity index (χ2v) is 9.23. The molecule has 9 nitrogen and oxygen atoms in total. The van der Waals surface area contributed by atoms with Gasteiger partial charge in [0.15, 0.2) is 5.60 Å². The van der Waals surface area contributed by atoms with Crippen molar-refractivity contribution >= 4 is 22.8 Å². The standard InChI is InChI=1S/C25H22FN3O6/c1-2-25(34)15-7-18-22-13(8-29(18)23(32)14(15)10-35-24(25)33)21-16(27-19(31)9-30)4-3-11-5-12(26)6-17(28-22)20(11)21/h5-7,16,30,34H,2-4,8-10H2,1H3,(H,27,31)/t16?,25-/m0/s1. The molecule has 1 aliphatic carbocycles. The lowest BCUT2D eigenvalue weighted by Crippen LogP contribution is -2.44. The van der Waals surface area contributed by atoms with Crippen molar-refractivity contribution in [3.8, 4) is 11.4 Å². The summed E-state index contributed by atoms with van der Waals surface area (Å²) in [5, 5.41) is 23.9. The first-order valence-electron chi connectivity index (χ1n) is 11.5. The Bertz CT molecular complexity index is 1530. The second kappa shape index (κ2) is 7.43. The Hall–Kier alpha value is -3.63. The predicted octanol–water partition coefficient (Wildman–Crippen LogP) is 1.31. The maximum Gasteiger partial charge on any atom is 0.343 e. The van der Waals surface area contributed by atoms with E-state index in [1.54, 1.807) is 13.0 Å². The van der Waals surface area contributed by atoms with E-state index in [4.69, 9.17) is 9.72 Å². The summed E-state index contributed by atoms with van der Waals surface area (Å²) in [6.45, 7) is 0.886. The highest BCUT2D eigenvalue weighted by Crippen LogP contribution is 2.45. The van der Waals surface area contributed by atoms with Crippen LogP contribution in [0.25, 0.3) is 22.3 Å². The third kappa shape index (κ3) is 2.93. The largest absolute Gasteiger partial charge is 0.458 e. The molecule has 0 bridgehead atoms. The molecule has 2 atom stereocenters. The van der Waals surface area contributed by atoms with E-state index >= 15 is 0 Å². The molecule has 1 aromatic carbocycles. The van der Waals surface area contributed by atoms with Crippen LogP contribution in [-0.2, 0) is 39.5 Å². The van der Waals surface area contributed by atoms with Crippen molar-refractivity contribution in [2.45, 2.75) is 51.0 Å². The molecule has 3 aromatic rings. The maximum atomic E-state index is 14.4. The Kier molecular flexibility index (Phi) is 4.64. The fourth-order valence-electron chi connectivity index (χ4n) is 5.71. The van der Waals surface area contributed by atoms with Crippen LogP contribution in [0.15, 0.2) is 23.0 Å². The summed E-state index contributed by atoms with van der Waals surface area (Å²) < 4.78 is 21.1. The van der Waals surface area contributed by atoms with E-state index in [0.717, 1.165) is 16.5 Å². The summed E-state index contributed by atoms with van der Waals surface area (Å²) in [4.78, 5) is 42.7. The number of nitrogens with zero attached hydrogens (tertiary/aromatic N) is 2. The number of aliphatic hydroxyl groups is 2. The lowest BCUT2D eigenvalue weighted by molar-refractivity contribution is -0.172. The van der Waals surface area contributed by atoms with Gasteiger partial charge in [-0.05, 0) is 42.5 Å². The van der Waals surface area contributed by atoms with Crippen molar-refractivity contribution in [3.63, 3.8) is 0 Å². The topological polar surface area (TPSA) is 131 Å². The average Bonchev–Trinajstić information content (AvgIpc) is 3.21. The average molecular weight is 479 g/mol. The zero-order chi connectivity index (χ0) is 24.6. The minimum Gasteiger partial charge on any atom is -0.458 e. The summed E-state index contributed by atoms with van der Waals surface area (Å²) in [5.41, 5.74) is 1.51. The van der Waals surface area contributed by atoms with E-state index in [-0.39, 0.29) is 30.7 Å². The molecule has 2 aromatic heterocycles. The number of aromatic nitrogens is 2. The number of nitrogens with one attached hydrogen (secondary N) is 1. The fraction of sp³-hybridized carbons (Fsp3) is 0.360. The molecular weight excluding hydrogens is 457 g/mol. The van der Waals surface area contributed by atoms with Gasteiger partial charge in [0.05, 0.1) is 35.1 Å². The Morgan fingerprint density at radius 2 is 2.11 bits per heavy atom. The molecule has 10 heteroatoms. The van der Waals surface area contributed by atoms with Gasteiger partial charge in [-0.25, -0.2) is 14.2 Å². The van der Waals surface area contributed by atoms with E-state index in [9.17, 15) is 29.0 Å². The van der Waals surface area contributed by atoms with Gasteiger partial charge in [0.1, 0.15) is 19.0 Å². The van der Waals surface area contributed by atoms with Crippen LogP contribution in [0.4, 0.5) is 4.39 Å². The summed E-state index contributed by atoms with van der Waals surface area (Å²) in [6.07, 6.45) is 1.03. The van der Waals surface area contributed by atoms with Crippen molar-refractivity contribution < 1.29 is 28.9 Å². The maximum absolute atomic E-state index is 14.4. The van der Waals surface area contributed by atoms with Crippen LogP contribution < -0.4 is 10.9 Å². The molecule has 1 amide bonds. The quantitative estimate of drug-likeness (QED) is 0.378. The van der Waals surface area contributed by atoms with E-state index < -0.39 is 41.5 Å². The Balaban J connectivity index is 1.65. The molecule has 4 heterocycles. The molecule has 3 N–H and O–H groups in total. The number of amides is 1. The van der Waals surface area contributed by atoms with Gasteiger partial charge in [-0.2, -0.15) is 0 Å². The molecule has 3 aliphatic rings. The number of benzene rings is 1. The Morgan fingerprint density at radius 1 is 1.31 bits per heavy atom. The minimum absolute atomic E-state index is 0.0226. The molecule has 180 valence electrons. The first kappa shape index (κ1) is 21.9. The van der Waals surface area contributed by atoms with Crippen molar-refractivity contribution in [2.24, 2.45) is 0 Å². The van der Waals surface area contributed by atoms with E-state index in [1.807, 2.05) is 0 Å². The minimum atomic E-state index is -1.95. The number of halogens is 1. The molecule has 0 spiro atoms. The van der Waals surface area contributed by atoms with Crippen LogP contribution in [0.3, 0.4) is 0 Å². The zero-order valence-corrected chi connectivity index (χ0v) is 18.9. The lowest BCUT2D eigenvalue weighted by Gasteiger charge is -2.31. The van der Waals surface area contributed by atoms with Gasteiger partial charge in [-0.1, -0.05) is 6.92 Å². The molecule has 35 heavy (non-hydrogen) atoms. The summed E-state index contributed by atoms with van der Waals surface area (Å²) in [5.74, 6) is -1.78. The van der Waals surface area contributed by atoms with Gasteiger partial charge >= 0.3 is 5.97 Å². The normalized spacial score (nSPS) is 21.8. The first-order chi connectivity index (χ1) is 16.8. The number of esters is 1. The number of hydrogen-bond donors (Lipinski definition) is 3. The highest BCUT2D eigenvalue weighted by atomic mass is 19.1. The molecule has 0 saturated carbocycles. The predicted molar refractivity (Wildman–Crippen MR) is 121 cm³/mol. The van der Waals surface area contributed by atoms with Crippen LogP contribution >= 0.6 is 0 Å². The smallest absolute Gasteiger partial charge is 0.343 e. The summed E-state index contributed by atoms with van der Waals surface area (Å²) >= 11 is 0. The van der Waals surface area contributed by atoms with E-state index in [2.05, 4.69) is 5.32 Å². The highest BCUT2D eigenvalue weighted by molar-refractivity contribution is 5.93. The number of pyridine rings is 2. The molecule has 0 saturated heterocycles. The van der Waals surface area contributed by atoms with Gasteiger partial charge in [-0.15, -0.1) is 0 Å². The third-order valence-corrected chi connectivity index (χ3v) is 7.41. The molecule has 6 rings (SSSR count). The van der Waals surface area contributed by atoms with Crippen molar-refractivity contribution in [2.75, 3.05) is 6.61 Å². The number of carbonyl (C=O) groups excluding carboxylic acids is 2. The fourth-order valence-corrected chi connectivity index (χ4v) is 5.71. The lowest BCUT2D eigenvalue weighted by atomic mass is 9.83. The van der Waals surface area contributed by atoms with Crippen LogP contribution in [-0.4, -0.2) is 38.2 Å². The number of fused-ring (bicyclic) bond motifs is 5. The monoisotopic (exact) mass is 479 g/mol. The first-order valence-corrected chi connectivity index (χ1v) is 11.5. The Morgan fingerprint density at radius 3 is 2.86 bits per heavy atom. The van der Waals surface area contributed by atoms with Crippen LogP contribution in [0, 0.1) is 5.82 Å². The van der Waals surface area contributed by atoms with E-state index in [0.29, 0.717) is 35.3 Å². The van der Waals surface area contributed by atoms with Crippen LogP contribution in [0.2, 0.25) is 0 Å². The second-order valence-electron chi connectivity index (χ2n) is 9.23. The third-order valence-electron chi connectivity index (χ3n) is 7.41. The number of cyclic esters (lactones) is 1. The molecule has 2 aliphatic heterocycles. The zero-order valence-electron chi connectivity index (χ0n) is 18.9. The van der Waals surface area contributed by atoms with Crippen LogP contribution in [0.1, 0.15) is 53.6 Å². The van der Waals surface area contributed by atoms with Crippen molar-refractivity contribution in [3.05, 3.63) is 62.2 Å². The number of aliphatic hydroxyl groups excluding tert-OH is 1. The van der Waals surface area contributed by atoms with Gasteiger partial charge < -0.3 is 24.8 Å². The van der Waals surface area contributed by atoms with Crippen molar-refractivity contribution in [1.82, 2.24) is 14.9 Å². The SMILES string of the molecule is CC[C@@]1(O)C(=O)OCc2c1cc1n(c2=O)Cc2c-1nc1cc(F)cc3c1c2C(NC(=O)CO)CC3. The number of rotatable bonds is 3. The number of aryl methyl sites for hydroxylation is 1. The number of hydrogen-bond acceptors (Lipinski definition) is 7. The van der Waals surface area contributed by atoms with Crippen LogP contribution in [0.5, 0.6) is 0 Å². The number of carbonyl (C=O) groups is 2. The summed E-state index contributed by atoms with van der Waals surface area (Å²) in [6, 6.07) is 3.92. The summed E-state index contributed by atoms with van der Waals surface area (Å²) in [7, 11) is 0. The van der Waals surface area contributed by atoms with Gasteiger partial charge in [0, 0.05) is 22.6 Å². The van der Waals surface area contributed by atoms with Gasteiger partial charge in [0.25, 0.3) is 5.56 Å². The van der Waals surface area contributed by atoms with E-state index in [1.165, 1.54) is 16.7 Å². The highest BCUT2D eigenvalue weighted by Gasteiger charge is 2.45. The Labute approximate surface area is 198 Å². The van der Waals surface area contributed by atoms with Gasteiger partial charge in [0.2, 0.25) is 5.91 Å². The number of ether oxygens (including phenoxy) is 1. The molecule has 1 unspecified atom stereocenters.